The van der Waals surface area contributed by atoms with Gasteiger partial charge in [-0.3, -0.25) is 0 Å². The van der Waals surface area contributed by atoms with Gasteiger partial charge in [0.1, 0.15) is 30.3 Å². The number of esters is 1. The third-order valence-corrected chi connectivity index (χ3v) is 5.39. The van der Waals surface area contributed by atoms with Crippen LogP contribution in [0.25, 0.3) is 0 Å². The Morgan fingerprint density at radius 2 is 1.78 bits per heavy atom. The average molecular weight is 518 g/mol. The number of benzene rings is 2. The van der Waals surface area contributed by atoms with E-state index in [0.29, 0.717) is 23.4 Å². The quantitative estimate of drug-likeness (QED) is 0.255. The molecule has 0 unspecified atom stereocenters. The minimum Gasteiger partial charge on any atom is -0.486 e. The molecule has 37 heavy (non-hydrogen) atoms. The van der Waals surface area contributed by atoms with Gasteiger partial charge in [0.2, 0.25) is 5.88 Å². The summed E-state index contributed by atoms with van der Waals surface area (Å²) in [6, 6.07) is 13.9. The standard InChI is InChI=1S/C27H26F3NO6/c1-17(25(32)34-14-13-33-22-6-4-5-18-15-26(2,3)37-24(18)22)35-20-8-10-21(11-9-20)36-23-12-7-19(16-31-23)27(28,29)30/h4-12,16-17H,13-15H2,1-3H3/t17-/m1/s1. The lowest BCUT2D eigenvalue weighted by Gasteiger charge is -2.18. The number of para-hydroxylation sites is 1. The van der Waals surface area contributed by atoms with Crippen molar-refractivity contribution in [2.45, 2.75) is 45.1 Å². The fourth-order valence-electron chi connectivity index (χ4n) is 3.68. The van der Waals surface area contributed by atoms with Crippen LogP contribution in [0.5, 0.6) is 28.9 Å². The molecule has 1 atom stereocenters. The van der Waals surface area contributed by atoms with Crippen molar-refractivity contribution in [1.29, 1.82) is 0 Å². The lowest BCUT2D eigenvalue weighted by Crippen LogP contribution is -2.27. The van der Waals surface area contributed by atoms with E-state index in [2.05, 4.69) is 4.98 Å². The van der Waals surface area contributed by atoms with E-state index in [1.165, 1.54) is 0 Å². The number of halogens is 3. The molecule has 0 saturated heterocycles. The molecule has 2 aromatic carbocycles. The lowest BCUT2D eigenvalue weighted by atomic mass is 10.0. The Bertz CT molecular complexity index is 1230. The summed E-state index contributed by atoms with van der Waals surface area (Å²) in [4.78, 5) is 16.0. The molecule has 2 heterocycles. The van der Waals surface area contributed by atoms with Crippen molar-refractivity contribution in [3.05, 3.63) is 71.9 Å². The number of nitrogens with zero attached hydrogens (tertiary/aromatic N) is 1. The van der Waals surface area contributed by atoms with Crippen LogP contribution >= 0.6 is 0 Å². The Hall–Kier alpha value is -3.95. The summed E-state index contributed by atoms with van der Waals surface area (Å²) in [5, 5.41) is 0. The summed E-state index contributed by atoms with van der Waals surface area (Å²) in [5.74, 6) is 1.50. The molecule has 7 nitrogen and oxygen atoms in total. The molecule has 0 bridgehead atoms. The van der Waals surface area contributed by atoms with Crippen molar-refractivity contribution < 1.29 is 41.7 Å². The maximum Gasteiger partial charge on any atom is 0.417 e. The normalized spacial score (nSPS) is 14.8. The van der Waals surface area contributed by atoms with Gasteiger partial charge in [-0.2, -0.15) is 13.2 Å². The number of hydrogen-bond donors (Lipinski definition) is 0. The Balaban J connectivity index is 1.21. The molecular formula is C27H26F3NO6. The van der Waals surface area contributed by atoms with Crippen LogP contribution < -0.4 is 18.9 Å². The number of rotatable bonds is 9. The predicted molar refractivity (Wildman–Crippen MR) is 127 cm³/mol. The molecule has 0 aliphatic carbocycles. The minimum atomic E-state index is -4.47. The summed E-state index contributed by atoms with van der Waals surface area (Å²) >= 11 is 0. The molecule has 10 heteroatoms. The maximum absolute atomic E-state index is 12.6. The molecule has 0 fully saturated rings. The molecule has 196 valence electrons. The summed E-state index contributed by atoms with van der Waals surface area (Å²) in [5.41, 5.74) is -0.0731. The molecule has 0 saturated carbocycles. The fraction of sp³-hybridized carbons (Fsp3) is 0.333. The van der Waals surface area contributed by atoms with Gasteiger partial charge in [-0.15, -0.1) is 0 Å². The second kappa shape index (κ2) is 10.6. The smallest absolute Gasteiger partial charge is 0.417 e. The molecule has 1 aromatic heterocycles. The molecule has 4 rings (SSSR count). The van der Waals surface area contributed by atoms with Crippen LogP contribution in [-0.4, -0.2) is 35.9 Å². The highest BCUT2D eigenvalue weighted by molar-refractivity contribution is 5.74. The van der Waals surface area contributed by atoms with Gasteiger partial charge in [-0.25, -0.2) is 9.78 Å². The van der Waals surface area contributed by atoms with Crippen LogP contribution in [0.4, 0.5) is 13.2 Å². The summed E-state index contributed by atoms with van der Waals surface area (Å²) in [7, 11) is 0. The zero-order valence-corrected chi connectivity index (χ0v) is 20.5. The third kappa shape index (κ3) is 6.84. The van der Waals surface area contributed by atoms with Crippen molar-refractivity contribution in [2.75, 3.05) is 13.2 Å². The van der Waals surface area contributed by atoms with Gasteiger partial charge >= 0.3 is 12.1 Å². The second-order valence-corrected chi connectivity index (χ2v) is 9.02. The van der Waals surface area contributed by atoms with Gasteiger partial charge in [0.05, 0.1) is 5.56 Å². The first-order chi connectivity index (χ1) is 17.5. The number of alkyl halides is 3. The second-order valence-electron chi connectivity index (χ2n) is 9.02. The summed E-state index contributed by atoms with van der Waals surface area (Å²) < 4.78 is 65.9. The van der Waals surface area contributed by atoms with E-state index in [1.807, 2.05) is 32.0 Å². The van der Waals surface area contributed by atoms with Crippen molar-refractivity contribution in [3.8, 4) is 28.9 Å². The number of aromatic nitrogens is 1. The molecule has 0 amide bonds. The summed E-state index contributed by atoms with van der Waals surface area (Å²) in [6.45, 7) is 5.77. The number of carbonyl (C=O) groups excluding carboxylic acids is 1. The molecule has 0 radical (unpaired) electrons. The van der Waals surface area contributed by atoms with E-state index in [4.69, 9.17) is 23.7 Å². The van der Waals surface area contributed by atoms with E-state index in [9.17, 15) is 18.0 Å². The van der Waals surface area contributed by atoms with Gasteiger partial charge < -0.3 is 23.7 Å². The van der Waals surface area contributed by atoms with Crippen LogP contribution in [0.2, 0.25) is 0 Å². The molecule has 1 aliphatic rings. The van der Waals surface area contributed by atoms with Gasteiger partial charge in [0, 0.05) is 24.2 Å². The first kappa shape index (κ1) is 26.1. The first-order valence-corrected chi connectivity index (χ1v) is 11.6. The third-order valence-electron chi connectivity index (χ3n) is 5.39. The van der Waals surface area contributed by atoms with Crippen molar-refractivity contribution in [3.63, 3.8) is 0 Å². The molecule has 0 N–H and O–H groups in total. The van der Waals surface area contributed by atoms with E-state index in [0.717, 1.165) is 29.9 Å². The first-order valence-electron chi connectivity index (χ1n) is 11.6. The van der Waals surface area contributed by atoms with E-state index < -0.39 is 23.8 Å². The monoisotopic (exact) mass is 517 g/mol. The highest BCUT2D eigenvalue weighted by Crippen LogP contribution is 2.41. The van der Waals surface area contributed by atoms with Crippen LogP contribution in [0.3, 0.4) is 0 Å². The van der Waals surface area contributed by atoms with Crippen LogP contribution in [0, 0.1) is 0 Å². The zero-order valence-electron chi connectivity index (χ0n) is 20.5. The van der Waals surface area contributed by atoms with Crippen LogP contribution in [0.15, 0.2) is 60.8 Å². The molecule has 0 spiro atoms. The number of carbonyl (C=O) groups is 1. The van der Waals surface area contributed by atoms with E-state index in [1.54, 1.807) is 31.2 Å². The van der Waals surface area contributed by atoms with Gasteiger partial charge in [0.25, 0.3) is 0 Å². The van der Waals surface area contributed by atoms with Crippen LogP contribution in [0.1, 0.15) is 31.9 Å². The highest BCUT2D eigenvalue weighted by Gasteiger charge is 2.32. The predicted octanol–water partition coefficient (Wildman–Crippen LogP) is 6.00. The largest absolute Gasteiger partial charge is 0.486 e. The van der Waals surface area contributed by atoms with Gasteiger partial charge in [-0.05, 0) is 57.2 Å². The highest BCUT2D eigenvalue weighted by atomic mass is 19.4. The Morgan fingerprint density at radius 3 is 2.46 bits per heavy atom. The number of ether oxygens (including phenoxy) is 5. The summed E-state index contributed by atoms with van der Waals surface area (Å²) in [6.07, 6.45) is -3.86. The van der Waals surface area contributed by atoms with Crippen molar-refractivity contribution in [2.24, 2.45) is 0 Å². The topological polar surface area (TPSA) is 76.1 Å². The number of fused-ring (bicyclic) bond motifs is 1. The minimum absolute atomic E-state index is 0.0107. The Kier molecular flexibility index (Phi) is 7.47. The molecule has 3 aromatic rings. The maximum atomic E-state index is 12.6. The van der Waals surface area contributed by atoms with Crippen molar-refractivity contribution in [1.82, 2.24) is 4.98 Å². The van der Waals surface area contributed by atoms with Crippen LogP contribution in [-0.2, 0) is 22.1 Å². The zero-order chi connectivity index (χ0) is 26.6. The fourth-order valence-corrected chi connectivity index (χ4v) is 3.68. The van der Waals surface area contributed by atoms with E-state index in [-0.39, 0.29) is 24.7 Å². The Morgan fingerprint density at radius 1 is 1.05 bits per heavy atom. The average Bonchev–Trinajstić information content (AvgIpc) is 3.17. The Labute approximate surface area is 212 Å². The number of hydrogen-bond acceptors (Lipinski definition) is 7. The lowest BCUT2D eigenvalue weighted by molar-refractivity contribution is -0.151. The van der Waals surface area contributed by atoms with Gasteiger partial charge in [-0.1, -0.05) is 12.1 Å². The molecule has 1 aliphatic heterocycles. The van der Waals surface area contributed by atoms with Gasteiger partial charge in [0.15, 0.2) is 17.6 Å². The number of pyridine rings is 1. The molecular weight excluding hydrogens is 491 g/mol. The van der Waals surface area contributed by atoms with Crippen molar-refractivity contribution >= 4 is 5.97 Å². The van der Waals surface area contributed by atoms with E-state index >= 15 is 0 Å². The SMILES string of the molecule is C[C@@H](Oc1ccc(Oc2ccc(C(F)(F)F)cn2)cc1)C(=O)OCCOc1cccc2c1OC(C)(C)C2.